The van der Waals surface area contributed by atoms with Crippen LogP contribution in [0.5, 0.6) is 0 Å². The number of carbonyl (C=O) groups is 1. The van der Waals surface area contributed by atoms with E-state index in [1.54, 1.807) is 24.1 Å². The molecule has 0 saturated heterocycles. The zero-order valence-corrected chi connectivity index (χ0v) is 15.0. The lowest BCUT2D eigenvalue weighted by molar-refractivity contribution is 0.211. The third-order valence-corrected chi connectivity index (χ3v) is 5.04. The Morgan fingerprint density at radius 3 is 2.88 bits per heavy atom. The number of nitrogens with zero attached hydrogens (tertiary/aromatic N) is 2. The molecule has 2 atom stereocenters. The second-order valence-electron chi connectivity index (χ2n) is 7.36. The summed E-state index contributed by atoms with van der Waals surface area (Å²) in [6.45, 7) is 4.31. The van der Waals surface area contributed by atoms with Crippen LogP contribution in [0, 0.1) is 0 Å². The van der Waals surface area contributed by atoms with Gasteiger partial charge in [-0.15, -0.1) is 0 Å². The molecule has 2 aromatic rings. The number of nitrogens with one attached hydrogen (secondary N) is 2. The number of fused-ring (bicyclic) bond motifs is 1. The Morgan fingerprint density at radius 1 is 1.44 bits per heavy atom. The van der Waals surface area contributed by atoms with Gasteiger partial charge in [0.2, 0.25) is 0 Å². The van der Waals surface area contributed by atoms with E-state index >= 15 is 0 Å². The molecule has 2 amide bonds. The average molecular weight is 342 g/mol. The number of aryl methyl sites for hydroxylation is 1. The molecule has 1 aromatic heterocycles. The van der Waals surface area contributed by atoms with Crippen LogP contribution in [0.4, 0.5) is 4.79 Å². The smallest absolute Gasteiger partial charge is 0.315 e. The van der Waals surface area contributed by atoms with Crippen LogP contribution in [-0.2, 0) is 12.5 Å². The van der Waals surface area contributed by atoms with Crippen LogP contribution in [-0.4, -0.2) is 27.5 Å². The van der Waals surface area contributed by atoms with Crippen LogP contribution in [0.1, 0.15) is 55.5 Å². The summed E-state index contributed by atoms with van der Waals surface area (Å²) in [7, 11) is 1.80. The molecule has 6 nitrogen and oxygen atoms in total. The Labute approximate surface area is 148 Å². The minimum Gasteiger partial charge on any atom is -0.394 e. The van der Waals surface area contributed by atoms with Gasteiger partial charge in [-0.25, -0.2) is 4.79 Å². The van der Waals surface area contributed by atoms with Crippen LogP contribution in [0.25, 0.3) is 0 Å². The minimum atomic E-state index is -0.469. The number of hydrogen-bond acceptors (Lipinski definition) is 3. The Bertz CT molecular complexity index is 753. The fourth-order valence-electron chi connectivity index (χ4n) is 3.58. The summed E-state index contributed by atoms with van der Waals surface area (Å²) in [5, 5.41) is 19.6. The van der Waals surface area contributed by atoms with Gasteiger partial charge < -0.3 is 15.7 Å². The zero-order chi connectivity index (χ0) is 18.0. The van der Waals surface area contributed by atoms with E-state index in [-0.39, 0.29) is 24.1 Å². The fraction of sp³-hybridized carbons (Fsp3) is 0.474. The summed E-state index contributed by atoms with van der Waals surface area (Å²) in [5.74, 6) is 0. The van der Waals surface area contributed by atoms with Gasteiger partial charge in [-0.1, -0.05) is 38.1 Å². The van der Waals surface area contributed by atoms with E-state index < -0.39 is 6.04 Å². The summed E-state index contributed by atoms with van der Waals surface area (Å²) in [6.07, 6.45) is 5.36. The summed E-state index contributed by atoms with van der Waals surface area (Å²) in [4.78, 5) is 12.5. The first-order chi connectivity index (χ1) is 11.9. The number of hydrogen-bond donors (Lipinski definition) is 3. The quantitative estimate of drug-likeness (QED) is 0.799. The first-order valence-electron chi connectivity index (χ1n) is 8.66. The highest BCUT2D eigenvalue weighted by molar-refractivity contribution is 5.75. The fourth-order valence-corrected chi connectivity index (χ4v) is 3.58. The van der Waals surface area contributed by atoms with E-state index in [1.165, 1.54) is 11.1 Å². The average Bonchev–Trinajstić information content (AvgIpc) is 3.02. The maximum Gasteiger partial charge on any atom is 0.315 e. The third-order valence-electron chi connectivity index (χ3n) is 5.04. The van der Waals surface area contributed by atoms with E-state index in [1.807, 2.05) is 12.1 Å². The molecule has 1 aromatic carbocycles. The normalized spacial score (nSPS) is 19.8. The van der Waals surface area contributed by atoms with Gasteiger partial charge in [-0.3, -0.25) is 4.68 Å². The lowest BCUT2D eigenvalue weighted by Crippen LogP contribution is -2.43. The number of benzene rings is 1. The van der Waals surface area contributed by atoms with E-state index in [9.17, 15) is 9.90 Å². The highest BCUT2D eigenvalue weighted by atomic mass is 16.3. The monoisotopic (exact) mass is 342 g/mol. The summed E-state index contributed by atoms with van der Waals surface area (Å²) >= 11 is 0. The second kappa shape index (κ2) is 6.88. The molecule has 3 N–H and O–H groups in total. The number of aliphatic hydroxyl groups excluding tert-OH is 1. The molecule has 25 heavy (non-hydrogen) atoms. The van der Waals surface area contributed by atoms with Gasteiger partial charge in [0, 0.05) is 18.8 Å². The lowest BCUT2D eigenvalue weighted by Gasteiger charge is -2.37. The van der Waals surface area contributed by atoms with Crippen molar-refractivity contribution in [1.82, 2.24) is 20.4 Å². The number of amides is 2. The van der Waals surface area contributed by atoms with Gasteiger partial charge in [0.25, 0.3) is 0 Å². The molecule has 0 unspecified atom stereocenters. The van der Waals surface area contributed by atoms with Crippen molar-refractivity contribution < 1.29 is 9.90 Å². The number of carbonyl (C=O) groups excluding carboxylic acids is 1. The first kappa shape index (κ1) is 17.5. The summed E-state index contributed by atoms with van der Waals surface area (Å²) in [6, 6.07) is 7.54. The standard InChI is InChI=1S/C19H26N4O2/c1-19(2)9-8-16(14-6-4-5-7-15(14)19)21-18(25)22-17(12-24)13-10-20-23(3)11-13/h4-7,10-11,16-17,24H,8-9,12H2,1-3H3,(H2,21,22,25)/t16-,17+/m0/s1. The minimum absolute atomic E-state index is 0.0162. The maximum atomic E-state index is 12.5. The van der Waals surface area contributed by atoms with Gasteiger partial charge in [0.1, 0.15) is 0 Å². The molecular formula is C19H26N4O2. The number of aliphatic hydroxyl groups is 1. The molecule has 1 aliphatic rings. The molecule has 0 fully saturated rings. The van der Waals surface area contributed by atoms with E-state index in [0.717, 1.165) is 18.4 Å². The second-order valence-corrected chi connectivity index (χ2v) is 7.36. The highest BCUT2D eigenvalue weighted by Gasteiger charge is 2.33. The topological polar surface area (TPSA) is 79.2 Å². The first-order valence-corrected chi connectivity index (χ1v) is 8.66. The van der Waals surface area contributed by atoms with Gasteiger partial charge in [0.15, 0.2) is 0 Å². The molecule has 0 spiro atoms. The van der Waals surface area contributed by atoms with Crippen LogP contribution in [0.3, 0.4) is 0 Å². The van der Waals surface area contributed by atoms with E-state index in [2.05, 4.69) is 41.7 Å². The van der Waals surface area contributed by atoms with Crippen LogP contribution < -0.4 is 10.6 Å². The molecule has 0 radical (unpaired) electrons. The van der Waals surface area contributed by atoms with Crippen LogP contribution in [0.2, 0.25) is 0 Å². The van der Waals surface area contributed by atoms with Gasteiger partial charge in [-0.05, 0) is 29.4 Å². The third kappa shape index (κ3) is 3.69. The van der Waals surface area contributed by atoms with Crippen molar-refractivity contribution in [3.63, 3.8) is 0 Å². The van der Waals surface area contributed by atoms with Crippen molar-refractivity contribution in [3.05, 3.63) is 53.3 Å². The van der Waals surface area contributed by atoms with Crippen LogP contribution >= 0.6 is 0 Å². The van der Waals surface area contributed by atoms with Crippen LogP contribution in [0.15, 0.2) is 36.7 Å². The Kier molecular flexibility index (Phi) is 4.81. The van der Waals surface area contributed by atoms with Gasteiger partial charge >= 0.3 is 6.03 Å². The Balaban J connectivity index is 1.71. The highest BCUT2D eigenvalue weighted by Crippen LogP contribution is 2.41. The molecule has 134 valence electrons. The van der Waals surface area contributed by atoms with Gasteiger partial charge in [-0.2, -0.15) is 5.10 Å². The molecule has 1 aliphatic carbocycles. The van der Waals surface area contributed by atoms with Crippen molar-refractivity contribution in [2.24, 2.45) is 7.05 Å². The molecule has 0 aliphatic heterocycles. The molecule has 0 saturated carbocycles. The zero-order valence-electron chi connectivity index (χ0n) is 15.0. The molecule has 0 bridgehead atoms. The SMILES string of the molecule is Cn1cc([C@@H](CO)NC(=O)N[C@H]2CCC(C)(C)c3ccccc32)cn1. The van der Waals surface area contributed by atoms with Crippen molar-refractivity contribution in [3.8, 4) is 0 Å². The molecule has 6 heteroatoms. The predicted octanol–water partition coefficient (Wildman–Crippen LogP) is 2.57. The van der Waals surface area contributed by atoms with Crippen molar-refractivity contribution >= 4 is 6.03 Å². The van der Waals surface area contributed by atoms with Crippen molar-refractivity contribution in [1.29, 1.82) is 0 Å². The van der Waals surface area contributed by atoms with Gasteiger partial charge in [0.05, 0.1) is 24.9 Å². The number of urea groups is 1. The molecule has 3 rings (SSSR count). The van der Waals surface area contributed by atoms with E-state index in [4.69, 9.17) is 0 Å². The summed E-state index contributed by atoms with van der Waals surface area (Å²) in [5.41, 5.74) is 3.37. The number of aromatic nitrogens is 2. The maximum absolute atomic E-state index is 12.5. The van der Waals surface area contributed by atoms with E-state index in [0.29, 0.717) is 0 Å². The Morgan fingerprint density at radius 2 is 2.20 bits per heavy atom. The number of rotatable bonds is 4. The largest absolute Gasteiger partial charge is 0.394 e. The Hall–Kier alpha value is -2.34. The molecule has 1 heterocycles. The molecular weight excluding hydrogens is 316 g/mol. The summed E-state index contributed by atoms with van der Waals surface area (Å²) < 4.78 is 1.65. The predicted molar refractivity (Wildman–Crippen MR) is 96.1 cm³/mol. The lowest BCUT2D eigenvalue weighted by atomic mass is 9.71. The van der Waals surface area contributed by atoms with Crippen molar-refractivity contribution in [2.45, 2.75) is 44.2 Å². The van der Waals surface area contributed by atoms with Crippen molar-refractivity contribution in [2.75, 3.05) is 6.61 Å².